The Labute approximate surface area is 87.9 Å². The number of rotatable bonds is 0. The summed E-state index contributed by atoms with van der Waals surface area (Å²) in [5.74, 6) is 0. The first-order valence-corrected chi connectivity index (χ1v) is 5.81. The van der Waals surface area contributed by atoms with E-state index < -0.39 is 18.7 Å². The minimum atomic E-state index is -2.50. The molecule has 13 heavy (non-hydrogen) atoms. The molecule has 0 aliphatic heterocycles. The van der Waals surface area contributed by atoms with Crippen molar-refractivity contribution in [2.45, 2.75) is 34.6 Å². The van der Waals surface area contributed by atoms with Gasteiger partial charge in [-0.2, -0.15) is 27.8 Å². The topological polar surface area (TPSA) is 0 Å². The van der Waals surface area contributed by atoms with Crippen molar-refractivity contribution in [1.82, 2.24) is 0 Å². The Morgan fingerprint density at radius 2 is 1.15 bits per heavy atom. The van der Waals surface area contributed by atoms with Gasteiger partial charge in [-0.25, -0.2) is 0 Å². The van der Waals surface area contributed by atoms with Crippen LogP contribution >= 0.6 is 0 Å². The van der Waals surface area contributed by atoms with Gasteiger partial charge in [0.1, 0.15) is 0 Å². The minimum absolute atomic E-state index is 1.47. The van der Waals surface area contributed by atoms with Gasteiger partial charge in [0.25, 0.3) is 0 Å². The maximum absolute atomic E-state index is 9.75. The predicted molar refractivity (Wildman–Crippen MR) is 47.9 cm³/mol. The molecule has 1 aromatic carbocycles. The van der Waals surface area contributed by atoms with Gasteiger partial charge in [-0.05, 0) is 0 Å². The molecule has 0 nitrogen and oxygen atoms in total. The van der Waals surface area contributed by atoms with Gasteiger partial charge < -0.3 is 0 Å². The molecule has 0 saturated carbocycles. The number of hydrogen-bond acceptors (Lipinski definition) is 0. The molecule has 0 heterocycles. The summed E-state index contributed by atoms with van der Waals surface area (Å²) in [4.78, 5) is 0. The first-order valence-electron chi connectivity index (χ1n) is 4.00. The van der Waals surface area contributed by atoms with E-state index in [1.807, 2.05) is 0 Å². The van der Waals surface area contributed by atoms with E-state index in [0.29, 0.717) is 0 Å². The number of halogens is 2. The maximum atomic E-state index is 9.75. The van der Waals surface area contributed by atoms with Crippen LogP contribution in [-0.4, -0.2) is 0 Å². The van der Waals surface area contributed by atoms with Gasteiger partial charge in [0.15, 0.2) is 0 Å². The second kappa shape index (κ2) is 5.56. The van der Waals surface area contributed by atoms with E-state index in [2.05, 4.69) is 34.6 Å². The van der Waals surface area contributed by atoms with Crippen molar-refractivity contribution >= 4 is 0 Å². The zero-order chi connectivity index (χ0) is 10.6. The van der Waals surface area contributed by atoms with Gasteiger partial charge in [-0.3, -0.25) is 0 Å². The molecule has 0 atom stereocenters. The Morgan fingerprint density at radius 1 is 0.923 bits per heavy atom. The fourth-order valence-electron chi connectivity index (χ4n) is 1.41. The SMILES string of the molecule is Cc1c(C)c(C)[c-](C)c1C.[F][Ir+][F]. The summed E-state index contributed by atoms with van der Waals surface area (Å²) in [5.41, 5.74) is 7.34. The molecule has 0 N–H and O–H groups in total. The van der Waals surface area contributed by atoms with Gasteiger partial charge in [-0.1, -0.05) is 34.6 Å². The average Bonchev–Trinajstić information content (AvgIpc) is 2.25. The zero-order valence-electron chi connectivity index (χ0n) is 8.59. The third-order valence-corrected chi connectivity index (χ3v) is 2.81. The molecule has 0 spiro atoms. The molecule has 0 saturated heterocycles. The van der Waals surface area contributed by atoms with Crippen LogP contribution in [0.3, 0.4) is 0 Å². The van der Waals surface area contributed by atoms with Crippen LogP contribution in [0.25, 0.3) is 0 Å². The van der Waals surface area contributed by atoms with Crippen LogP contribution in [0.4, 0.5) is 6.51 Å². The molecule has 0 aliphatic carbocycles. The van der Waals surface area contributed by atoms with Crippen LogP contribution in [0, 0.1) is 34.6 Å². The molecule has 0 amide bonds. The van der Waals surface area contributed by atoms with Crippen molar-refractivity contribution in [2.24, 2.45) is 0 Å². The van der Waals surface area contributed by atoms with Crippen molar-refractivity contribution in [3.8, 4) is 0 Å². The molecule has 0 bridgehead atoms. The van der Waals surface area contributed by atoms with Crippen molar-refractivity contribution in [3.63, 3.8) is 0 Å². The third kappa shape index (κ3) is 2.92. The normalized spacial score (nSPS) is 9.77. The van der Waals surface area contributed by atoms with E-state index in [4.69, 9.17) is 0 Å². The Bertz CT molecular complexity index is 197. The van der Waals surface area contributed by atoms with Crippen LogP contribution in [0.2, 0.25) is 0 Å². The van der Waals surface area contributed by atoms with E-state index in [1.54, 1.807) is 0 Å². The standard InChI is InChI=1S/C10H15.2FH.Ir/c1-6-7(2)9(4)10(5)8(6)3;;;/h1-5H3;2*1H;/q-1;;;+3/p-2. The first-order chi connectivity index (χ1) is 5.97. The molecule has 0 radical (unpaired) electrons. The van der Waals surface area contributed by atoms with Crippen molar-refractivity contribution in [3.05, 3.63) is 27.8 Å². The molecule has 78 valence electrons. The fraction of sp³-hybridized carbons (Fsp3) is 0.500. The molecule has 0 unspecified atom stereocenters. The summed E-state index contributed by atoms with van der Waals surface area (Å²) in [5, 5.41) is 0. The molecule has 1 rings (SSSR count). The Kier molecular flexibility index (Phi) is 5.50. The van der Waals surface area contributed by atoms with Crippen LogP contribution in [0.5, 0.6) is 0 Å². The summed E-state index contributed by atoms with van der Waals surface area (Å²) in [6, 6.07) is 0. The van der Waals surface area contributed by atoms with Gasteiger partial charge in [0.05, 0.1) is 0 Å². The van der Waals surface area contributed by atoms with Crippen molar-refractivity contribution < 1.29 is 25.2 Å². The molecule has 3 heteroatoms. The van der Waals surface area contributed by atoms with Crippen LogP contribution in [-0.2, 0) is 18.7 Å². The summed E-state index contributed by atoms with van der Waals surface area (Å²) in [6.07, 6.45) is 0. The molecule has 0 aromatic heterocycles. The first kappa shape index (κ1) is 12.9. The third-order valence-electron chi connectivity index (χ3n) is 2.81. The summed E-state index contributed by atoms with van der Waals surface area (Å²) < 4.78 is 19.5. The zero-order valence-corrected chi connectivity index (χ0v) is 11.0. The molecular formula is C10H15F2Ir. The molecular weight excluding hydrogens is 350 g/mol. The van der Waals surface area contributed by atoms with Gasteiger partial charge in [0.2, 0.25) is 0 Å². The summed E-state index contributed by atoms with van der Waals surface area (Å²) in [6.45, 7) is 11.0. The van der Waals surface area contributed by atoms with Gasteiger partial charge in [-0.15, -0.1) is 0 Å². The van der Waals surface area contributed by atoms with Crippen LogP contribution in [0.1, 0.15) is 27.8 Å². The molecule has 0 fully saturated rings. The summed E-state index contributed by atoms with van der Waals surface area (Å²) >= 11 is -2.50. The number of hydrogen-bond donors (Lipinski definition) is 0. The monoisotopic (exact) mass is 366 g/mol. The van der Waals surface area contributed by atoms with E-state index in [0.717, 1.165) is 0 Å². The Hall–Kier alpha value is -0.141. The Balaban J connectivity index is 0.000000424. The second-order valence-corrected chi connectivity index (χ2v) is 3.51. The van der Waals surface area contributed by atoms with E-state index in [1.165, 1.54) is 27.8 Å². The van der Waals surface area contributed by atoms with Crippen LogP contribution < -0.4 is 0 Å². The van der Waals surface area contributed by atoms with E-state index in [9.17, 15) is 6.51 Å². The summed E-state index contributed by atoms with van der Waals surface area (Å²) in [7, 11) is 0. The quantitative estimate of drug-likeness (QED) is 0.614. The molecule has 0 aliphatic rings. The van der Waals surface area contributed by atoms with Gasteiger partial charge >= 0.3 is 25.2 Å². The van der Waals surface area contributed by atoms with Crippen LogP contribution in [0.15, 0.2) is 0 Å². The Morgan fingerprint density at radius 3 is 1.23 bits per heavy atom. The second-order valence-electron chi connectivity index (χ2n) is 3.17. The molecule has 1 aromatic rings. The van der Waals surface area contributed by atoms with Gasteiger partial charge in [0, 0.05) is 0 Å². The van der Waals surface area contributed by atoms with Crippen molar-refractivity contribution in [2.75, 3.05) is 0 Å². The van der Waals surface area contributed by atoms with Crippen molar-refractivity contribution in [1.29, 1.82) is 0 Å². The fourth-order valence-corrected chi connectivity index (χ4v) is 1.41. The predicted octanol–water partition coefficient (Wildman–Crippen LogP) is 3.79. The average molecular weight is 365 g/mol. The van der Waals surface area contributed by atoms with E-state index in [-0.39, 0.29) is 0 Å². The van der Waals surface area contributed by atoms with E-state index >= 15 is 0 Å².